The van der Waals surface area contributed by atoms with Crippen molar-refractivity contribution in [2.24, 2.45) is 0 Å². The van der Waals surface area contributed by atoms with Gasteiger partial charge in [0.2, 0.25) is 0 Å². The zero-order valence-electron chi connectivity index (χ0n) is 16.9. The molecule has 3 heterocycles. The molecule has 5 heteroatoms. The van der Waals surface area contributed by atoms with Crippen molar-refractivity contribution >= 4 is 10.9 Å². The maximum absolute atomic E-state index is 9.59. The zero-order chi connectivity index (χ0) is 19.5. The first-order valence-electron chi connectivity index (χ1n) is 10.2. The highest BCUT2D eigenvalue weighted by molar-refractivity contribution is 5.84. The van der Waals surface area contributed by atoms with Crippen molar-refractivity contribution in [3.05, 3.63) is 65.1 Å². The number of hydrogen-bond acceptors (Lipinski definition) is 4. The van der Waals surface area contributed by atoms with E-state index in [1.807, 2.05) is 13.0 Å². The fraction of sp³-hybridized carbons (Fsp3) is 0.435. The Balaban J connectivity index is 1.45. The number of nitrogens with one attached hydrogen (secondary N) is 1. The predicted octanol–water partition coefficient (Wildman–Crippen LogP) is 3.25. The largest absolute Gasteiger partial charge is 0.396 e. The van der Waals surface area contributed by atoms with Crippen LogP contribution in [-0.4, -0.2) is 57.2 Å². The molecule has 1 aliphatic rings. The molecule has 3 aromatic rings. The van der Waals surface area contributed by atoms with E-state index >= 15 is 0 Å². The zero-order valence-corrected chi connectivity index (χ0v) is 16.9. The lowest BCUT2D eigenvalue weighted by Crippen LogP contribution is -2.52. The molecule has 0 bridgehead atoms. The molecule has 1 unspecified atom stereocenters. The minimum absolute atomic E-state index is 0.224. The van der Waals surface area contributed by atoms with Crippen LogP contribution in [0.5, 0.6) is 0 Å². The molecule has 1 aliphatic heterocycles. The average molecular weight is 379 g/mol. The van der Waals surface area contributed by atoms with Gasteiger partial charge < -0.3 is 10.1 Å². The molecule has 148 valence electrons. The van der Waals surface area contributed by atoms with Gasteiger partial charge in [-0.3, -0.25) is 14.8 Å². The molecular formula is C23H30N4O. The standard InChI is InChI=1S/C23H30N4O/c1-17-6-5-7-19(24-17)14-27-12-11-26(15-20(27)10-13-28)16-23-18(2)21-8-3-4-9-22(21)25-23/h3-9,20,25,28H,10-16H2,1-2H3. The van der Waals surface area contributed by atoms with E-state index in [-0.39, 0.29) is 6.61 Å². The lowest BCUT2D eigenvalue weighted by Gasteiger charge is -2.41. The summed E-state index contributed by atoms with van der Waals surface area (Å²) >= 11 is 0. The van der Waals surface area contributed by atoms with Crippen molar-refractivity contribution in [2.75, 3.05) is 26.2 Å². The van der Waals surface area contributed by atoms with Gasteiger partial charge in [0.25, 0.3) is 0 Å². The Morgan fingerprint density at radius 2 is 1.93 bits per heavy atom. The van der Waals surface area contributed by atoms with Gasteiger partial charge in [-0.25, -0.2) is 0 Å². The quantitative estimate of drug-likeness (QED) is 0.691. The topological polar surface area (TPSA) is 55.4 Å². The van der Waals surface area contributed by atoms with Gasteiger partial charge in [-0.15, -0.1) is 0 Å². The minimum Gasteiger partial charge on any atom is -0.396 e. The van der Waals surface area contributed by atoms with E-state index in [0.717, 1.165) is 50.5 Å². The van der Waals surface area contributed by atoms with Crippen LogP contribution in [0, 0.1) is 13.8 Å². The van der Waals surface area contributed by atoms with Crippen molar-refractivity contribution in [1.29, 1.82) is 0 Å². The van der Waals surface area contributed by atoms with Gasteiger partial charge >= 0.3 is 0 Å². The Hall–Kier alpha value is -2.21. The second-order valence-electron chi connectivity index (χ2n) is 7.92. The van der Waals surface area contributed by atoms with Crippen LogP contribution in [0.25, 0.3) is 10.9 Å². The summed E-state index contributed by atoms with van der Waals surface area (Å²) < 4.78 is 0. The summed E-state index contributed by atoms with van der Waals surface area (Å²) in [6.07, 6.45) is 0.800. The molecule has 0 saturated carbocycles. The summed E-state index contributed by atoms with van der Waals surface area (Å²) in [5, 5.41) is 10.9. The Morgan fingerprint density at radius 3 is 2.71 bits per heavy atom. The fourth-order valence-electron chi connectivity index (χ4n) is 4.35. The molecule has 1 saturated heterocycles. The number of benzene rings is 1. The van der Waals surface area contributed by atoms with E-state index < -0.39 is 0 Å². The van der Waals surface area contributed by atoms with Crippen molar-refractivity contribution in [3.8, 4) is 0 Å². The number of aromatic nitrogens is 2. The number of para-hydroxylation sites is 1. The van der Waals surface area contributed by atoms with Crippen LogP contribution in [0.4, 0.5) is 0 Å². The Morgan fingerprint density at radius 1 is 1.07 bits per heavy atom. The number of nitrogens with zero attached hydrogens (tertiary/aromatic N) is 3. The first-order valence-corrected chi connectivity index (χ1v) is 10.2. The van der Waals surface area contributed by atoms with Crippen LogP contribution >= 0.6 is 0 Å². The van der Waals surface area contributed by atoms with E-state index in [2.05, 4.69) is 63.1 Å². The van der Waals surface area contributed by atoms with Gasteiger partial charge in [0.05, 0.1) is 5.69 Å². The highest BCUT2D eigenvalue weighted by atomic mass is 16.3. The molecule has 2 aromatic heterocycles. The Labute approximate surface area is 167 Å². The van der Waals surface area contributed by atoms with E-state index in [4.69, 9.17) is 0 Å². The van der Waals surface area contributed by atoms with E-state index in [9.17, 15) is 5.11 Å². The third-order valence-corrected chi connectivity index (χ3v) is 5.91. The summed E-state index contributed by atoms with van der Waals surface area (Å²) in [6.45, 7) is 9.25. The van der Waals surface area contributed by atoms with Crippen LogP contribution in [0.15, 0.2) is 42.5 Å². The van der Waals surface area contributed by atoms with E-state index in [1.54, 1.807) is 0 Å². The second-order valence-corrected chi connectivity index (χ2v) is 7.92. The van der Waals surface area contributed by atoms with Crippen LogP contribution in [-0.2, 0) is 13.1 Å². The normalized spacial score (nSPS) is 18.8. The van der Waals surface area contributed by atoms with Crippen LogP contribution in [0.3, 0.4) is 0 Å². The molecule has 5 nitrogen and oxygen atoms in total. The predicted molar refractivity (Wildman–Crippen MR) is 113 cm³/mol. The number of aromatic amines is 1. The van der Waals surface area contributed by atoms with Gasteiger partial charge in [-0.2, -0.15) is 0 Å². The summed E-state index contributed by atoms with van der Waals surface area (Å²) in [4.78, 5) is 13.3. The van der Waals surface area contributed by atoms with Crippen LogP contribution in [0.1, 0.15) is 29.1 Å². The molecular weight excluding hydrogens is 348 g/mol. The molecule has 28 heavy (non-hydrogen) atoms. The summed E-state index contributed by atoms with van der Waals surface area (Å²) in [5.41, 5.74) is 6.04. The third-order valence-electron chi connectivity index (χ3n) is 5.91. The minimum atomic E-state index is 0.224. The van der Waals surface area contributed by atoms with Crippen molar-refractivity contribution in [1.82, 2.24) is 19.8 Å². The van der Waals surface area contributed by atoms with Crippen LogP contribution in [0.2, 0.25) is 0 Å². The molecule has 0 radical (unpaired) electrons. The summed E-state index contributed by atoms with van der Waals surface area (Å²) in [6, 6.07) is 15.1. The SMILES string of the molecule is Cc1cccc(CN2CCN(Cc3[nH]c4ccccc4c3C)CC2CCO)n1. The molecule has 1 aromatic carbocycles. The van der Waals surface area contributed by atoms with Gasteiger partial charge in [0, 0.05) is 67.7 Å². The van der Waals surface area contributed by atoms with Gasteiger partial charge in [0.15, 0.2) is 0 Å². The highest BCUT2D eigenvalue weighted by Gasteiger charge is 2.27. The molecule has 0 aliphatic carbocycles. The van der Waals surface area contributed by atoms with Crippen molar-refractivity contribution < 1.29 is 5.11 Å². The molecule has 2 N–H and O–H groups in total. The maximum Gasteiger partial charge on any atom is 0.0547 e. The number of H-pyrrole nitrogens is 1. The van der Waals surface area contributed by atoms with Gasteiger partial charge in [0.1, 0.15) is 0 Å². The average Bonchev–Trinajstić information content (AvgIpc) is 3.00. The number of pyridine rings is 1. The van der Waals surface area contributed by atoms with Crippen molar-refractivity contribution in [3.63, 3.8) is 0 Å². The Bertz CT molecular complexity index is 935. The first kappa shape index (κ1) is 19.1. The second kappa shape index (κ2) is 8.43. The number of aryl methyl sites for hydroxylation is 2. The monoisotopic (exact) mass is 378 g/mol. The summed E-state index contributed by atoms with van der Waals surface area (Å²) in [5.74, 6) is 0. The van der Waals surface area contributed by atoms with E-state index in [1.165, 1.54) is 22.2 Å². The lowest BCUT2D eigenvalue weighted by molar-refractivity contribution is 0.0486. The summed E-state index contributed by atoms with van der Waals surface area (Å²) in [7, 11) is 0. The molecule has 1 atom stereocenters. The molecule has 0 spiro atoms. The highest BCUT2D eigenvalue weighted by Crippen LogP contribution is 2.24. The van der Waals surface area contributed by atoms with E-state index in [0.29, 0.717) is 6.04 Å². The number of aliphatic hydroxyl groups is 1. The van der Waals surface area contributed by atoms with Gasteiger partial charge in [-0.05, 0) is 44.0 Å². The first-order chi connectivity index (χ1) is 13.6. The molecule has 1 fully saturated rings. The number of fused-ring (bicyclic) bond motifs is 1. The number of aliphatic hydroxyl groups excluding tert-OH is 1. The third kappa shape index (κ3) is 4.12. The molecule has 4 rings (SSSR count). The van der Waals surface area contributed by atoms with Gasteiger partial charge in [-0.1, -0.05) is 24.3 Å². The molecule has 0 amide bonds. The smallest absolute Gasteiger partial charge is 0.0547 e. The number of hydrogen-bond donors (Lipinski definition) is 2. The number of piperazine rings is 1. The Kier molecular flexibility index (Phi) is 5.76. The number of rotatable bonds is 6. The lowest BCUT2D eigenvalue weighted by atomic mass is 10.1. The maximum atomic E-state index is 9.59. The van der Waals surface area contributed by atoms with Crippen molar-refractivity contribution in [2.45, 2.75) is 39.4 Å². The fourth-order valence-corrected chi connectivity index (χ4v) is 4.35. The van der Waals surface area contributed by atoms with Crippen LogP contribution < -0.4 is 0 Å².